The molecule has 0 saturated heterocycles. The van der Waals surface area contributed by atoms with Gasteiger partial charge in [0, 0.05) is 17.0 Å². The molecule has 39 heavy (non-hydrogen) atoms. The molecule has 3 aliphatic rings. The van der Waals surface area contributed by atoms with E-state index in [1.165, 1.54) is 17.4 Å². The quantitative estimate of drug-likeness (QED) is 0.209. The molecule has 0 unspecified atom stereocenters. The standard InChI is InChI=1S/C28H23Cl2N3O5S/c29-18-2-1-3-19(30)22(18)23-17(24(38-32-23)14-4-5-14)11-37-16-9-27(10-16)12-28(13-27,33-36)26-31-20-7-6-15(25(34)35)8-21(20)39-26/h1-3,6-8,14,16H,4-5,9-13H2,(H,34,35). The number of thiazole rings is 1. The van der Waals surface area contributed by atoms with Crippen molar-refractivity contribution in [3.8, 4) is 11.3 Å². The largest absolute Gasteiger partial charge is 0.478 e. The van der Waals surface area contributed by atoms with Gasteiger partial charge < -0.3 is 14.4 Å². The fourth-order valence-electron chi connectivity index (χ4n) is 6.26. The molecule has 3 saturated carbocycles. The highest BCUT2D eigenvalue weighted by Crippen LogP contribution is 2.66. The minimum Gasteiger partial charge on any atom is -0.478 e. The Morgan fingerprint density at radius 3 is 2.59 bits per heavy atom. The average molecular weight is 584 g/mol. The highest BCUT2D eigenvalue weighted by molar-refractivity contribution is 7.18. The summed E-state index contributed by atoms with van der Waals surface area (Å²) >= 11 is 14.3. The smallest absolute Gasteiger partial charge is 0.335 e. The number of rotatable bonds is 8. The molecule has 1 spiro atoms. The normalized spacial score (nSPS) is 25.9. The van der Waals surface area contributed by atoms with Crippen LogP contribution in [0.3, 0.4) is 0 Å². The Hall–Kier alpha value is -2.85. The molecule has 0 atom stereocenters. The van der Waals surface area contributed by atoms with Crippen LogP contribution in [0.15, 0.2) is 46.1 Å². The third-order valence-corrected chi connectivity index (χ3v) is 10.1. The molecule has 2 heterocycles. The molecule has 0 bridgehead atoms. The summed E-state index contributed by atoms with van der Waals surface area (Å²) < 4.78 is 12.8. The zero-order valence-electron chi connectivity index (χ0n) is 20.7. The van der Waals surface area contributed by atoms with Gasteiger partial charge in [-0.1, -0.05) is 39.6 Å². The highest BCUT2D eigenvalue weighted by Gasteiger charge is 2.63. The van der Waals surface area contributed by atoms with Crippen molar-refractivity contribution in [3.05, 3.63) is 73.2 Å². The summed E-state index contributed by atoms with van der Waals surface area (Å²) in [5.74, 6) is 0.214. The van der Waals surface area contributed by atoms with Crippen LogP contribution in [0.25, 0.3) is 21.5 Å². The summed E-state index contributed by atoms with van der Waals surface area (Å²) in [6.07, 6.45) is 5.10. The molecule has 0 radical (unpaired) electrons. The maximum Gasteiger partial charge on any atom is 0.335 e. The third kappa shape index (κ3) is 4.18. The number of fused-ring (bicyclic) bond motifs is 1. The number of ether oxygens (including phenoxy) is 1. The van der Waals surface area contributed by atoms with Gasteiger partial charge in [-0.05, 0) is 74.3 Å². The molecule has 0 amide bonds. The average Bonchev–Trinajstić information content (AvgIpc) is 3.49. The van der Waals surface area contributed by atoms with Crippen LogP contribution in [-0.2, 0) is 16.9 Å². The van der Waals surface area contributed by atoms with Crippen molar-refractivity contribution in [3.63, 3.8) is 0 Å². The number of aromatic carboxylic acids is 1. The van der Waals surface area contributed by atoms with Gasteiger partial charge in [-0.2, -0.15) is 0 Å². The maximum absolute atomic E-state index is 12.0. The minimum atomic E-state index is -0.990. The van der Waals surface area contributed by atoms with Crippen molar-refractivity contribution < 1.29 is 19.2 Å². The first-order chi connectivity index (χ1) is 18.8. The van der Waals surface area contributed by atoms with Crippen molar-refractivity contribution in [2.24, 2.45) is 10.6 Å². The van der Waals surface area contributed by atoms with E-state index in [4.69, 9.17) is 32.5 Å². The molecular weight excluding hydrogens is 561 g/mol. The van der Waals surface area contributed by atoms with Crippen molar-refractivity contribution in [1.29, 1.82) is 0 Å². The van der Waals surface area contributed by atoms with Crippen molar-refractivity contribution in [2.75, 3.05) is 0 Å². The van der Waals surface area contributed by atoms with Crippen molar-refractivity contribution >= 4 is 50.7 Å². The Bertz CT molecular complexity index is 1610. The molecule has 3 aliphatic carbocycles. The molecule has 0 aliphatic heterocycles. The number of nitrogens with zero attached hydrogens (tertiary/aromatic N) is 3. The van der Waals surface area contributed by atoms with E-state index in [2.05, 4.69) is 15.3 Å². The minimum absolute atomic E-state index is 0.00546. The molecule has 11 heteroatoms. The van der Waals surface area contributed by atoms with Crippen LogP contribution in [0.2, 0.25) is 10.0 Å². The molecule has 200 valence electrons. The van der Waals surface area contributed by atoms with Crippen LogP contribution in [0.4, 0.5) is 0 Å². The lowest BCUT2D eigenvalue weighted by Crippen LogP contribution is -2.57. The predicted molar refractivity (Wildman–Crippen MR) is 147 cm³/mol. The first-order valence-corrected chi connectivity index (χ1v) is 14.4. The van der Waals surface area contributed by atoms with Gasteiger partial charge in [0.1, 0.15) is 16.5 Å². The number of hydrogen-bond acceptors (Lipinski definition) is 8. The lowest BCUT2D eigenvalue weighted by molar-refractivity contribution is -0.152. The fraction of sp³-hybridized carbons (Fsp3) is 0.393. The summed E-state index contributed by atoms with van der Waals surface area (Å²) in [7, 11) is 0. The fourth-order valence-corrected chi connectivity index (χ4v) is 7.97. The van der Waals surface area contributed by atoms with Crippen molar-refractivity contribution in [2.45, 2.75) is 62.7 Å². The van der Waals surface area contributed by atoms with Gasteiger partial charge in [0.2, 0.25) is 0 Å². The van der Waals surface area contributed by atoms with E-state index in [1.807, 2.05) is 0 Å². The lowest BCUT2D eigenvalue weighted by Gasteiger charge is -2.59. The maximum atomic E-state index is 12.0. The van der Waals surface area contributed by atoms with Gasteiger partial charge in [0.15, 0.2) is 5.54 Å². The number of carbonyl (C=O) groups is 1. The Balaban J connectivity index is 1.04. The van der Waals surface area contributed by atoms with Gasteiger partial charge >= 0.3 is 5.97 Å². The molecule has 2 aromatic heterocycles. The predicted octanol–water partition coefficient (Wildman–Crippen LogP) is 7.95. The van der Waals surface area contributed by atoms with E-state index < -0.39 is 11.5 Å². The summed E-state index contributed by atoms with van der Waals surface area (Å²) in [5, 5.41) is 18.8. The number of benzene rings is 2. The van der Waals surface area contributed by atoms with Crippen LogP contribution in [0, 0.1) is 10.3 Å². The van der Waals surface area contributed by atoms with Gasteiger partial charge in [0.05, 0.1) is 38.5 Å². The van der Waals surface area contributed by atoms with E-state index >= 15 is 0 Å². The van der Waals surface area contributed by atoms with E-state index in [0.29, 0.717) is 57.2 Å². The number of carboxylic acid groups (broad SMARTS) is 1. The Morgan fingerprint density at radius 2 is 1.92 bits per heavy atom. The van der Waals surface area contributed by atoms with Crippen LogP contribution in [0.5, 0.6) is 0 Å². The molecule has 2 aromatic carbocycles. The summed E-state index contributed by atoms with van der Waals surface area (Å²) in [5.41, 5.74) is 2.23. The number of aromatic nitrogens is 2. The topological polar surface area (TPSA) is 115 Å². The number of nitroso groups, excluding NO2 is 1. The lowest BCUT2D eigenvalue weighted by atomic mass is 9.48. The second-order valence-corrected chi connectivity index (χ2v) is 12.9. The Morgan fingerprint density at radius 1 is 1.18 bits per heavy atom. The zero-order valence-corrected chi connectivity index (χ0v) is 23.0. The third-order valence-electron chi connectivity index (χ3n) is 8.29. The summed E-state index contributed by atoms with van der Waals surface area (Å²) in [6, 6.07) is 10.2. The van der Waals surface area contributed by atoms with E-state index in [-0.39, 0.29) is 17.1 Å². The summed E-state index contributed by atoms with van der Waals surface area (Å²) in [6.45, 7) is 0.355. The van der Waals surface area contributed by atoms with Crippen LogP contribution in [0.1, 0.15) is 71.1 Å². The molecule has 1 N–H and O–H groups in total. The SMILES string of the molecule is O=NC1(c2nc3ccc(C(=O)O)cc3s2)CC2(CC(OCc3c(-c4c(Cl)cccc4Cl)noc3C3CC3)C2)C1. The van der Waals surface area contributed by atoms with Gasteiger partial charge in [0.25, 0.3) is 0 Å². The zero-order chi connectivity index (χ0) is 26.9. The number of carboxylic acids is 1. The molecule has 3 fully saturated rings. The second kappa shape index (κ2) is 9.09. The van der Waals surface area contributed by atoms with Gasteiger partial charge in [-0.25, -0.2) is 9.78 Å². The van der Waals surface area contributed by atoms with Crippen LogP contribution < -0.4 is 0 Å². The number of hydrogen-bond donors (Lipinski definition) is 1. The van der Waals surface area contributed by atoms with Gasteiger partial charge in [-0.15, -0.1) is 16.2 Å². The van der Waals surface area contributed by atoms with E-state index in [9.17, 15) is 14.8 Å². The summed E-state index contributed by atoms with van der Waals surface area (Å²) in [4.78, 5) is 28.0. The Labute approximate surface area is 237 Å². The van der Waals surface area contributed by atoms with Crippen LogP contribution in [-0.4, -0.2) is 27.3 Å². The van der Waals surface area contributed by atoms with E-state index in [1.54, 1.807) is 30.3 Å². The molecular formula is C28H23Cl2N3O5S. The second-order valence-electron chi connectivity index (χ2n) is 11.1. The first kappa shape index (κ1) is 25.1. The first-order valence-electron chi connectivity index (χ1n) is 12.8. The molecule has 7 rings (SSSR count). The molecule has 4 aromatic rings. The van der Waals surface area contributed by atoms with Gasteiger partial charge in [-0.3, -0.25) is 0 Å². The van der Waals surface area contributed by atoms with Crippen LogP contribution >= 0.6 is 34.5 Å². The highest BCUT2D eigenvalue weighted by atomic mass is 35.5. The van der Waals surface area contributed by atoms with Crippen molar-refractivity contribution in [1.82, 2.24) is 10.1 Å². The Kier molecular flexibility index (Phi) is 5.86. The van der Waals surface area contributed by atoms with E-state index in [0.717, 1.165) is 41.7 Å². The molecule has 8 nitrogen and oxygen atoms in total. The monoisotopic (exact) mass is 583 g/mol. The number of halogens is 2.